The quantitative estimate of drug-likeness (QED) is 0.795. The van der Waals surface area contributed by atoms with E-state index >= 15 is 0 Å². The molecule has 1 unspecified atom stereocenters. The van der Waals surface area contributed by atoms with Crippen LogP contribution in [-0.4, -0.2) is 18.1 Å². The number of benzene rings is 1. The van der Waals surface area contributed by atoms with Gasteiger partial charge in [-0.2, -0.15) is 5.26 Å². The topological polar surface area (TPSA) is 39.9 Å². The molecule has 0 aliphatic carbocycles. The highest BCUT2D eigenvalue weighted by Crippen LogP contribution is 2.36. The summed E-state index contributed by atoms with van der Waals surface area (Å²) >= 11 is 3.41. The van der Waals surface area contributed by atoms with Gasteiger partial charge in [-0.3, -0.25) is 0 Å². The van der Waals surface area contributed by atoms with Crippen LogP contribution in [0.5, 0.6) is 0 Å². The molecule has 102 valence electrons. The summed E-state index contributed by atoms with van der Waals surface area (Å²) < 4.78 is 14.2. The van der Waals surface area contributed by atoms with Gasteiger partial charge in [0.05, 0.1) is 11.5 Å². The minimum Gasteiger partial charge on any atom is -0.354 e. The van der Waals surface area contributed by atoms with Gasteiger partial charge in [0.1, 0.15) is 11.6 Å². The van der Waals surface area contributed by atoms with Crippen molar-refractivity contribution in [1.82, 2.24) is 4.98 Å². The maximum absolute atomic E-state index is 13.4. The third-order valence-corrected chi connectivity index (χ3v) is 4.45. The molecule has 1 saturated heterocycles. The molecule has 20 heavy (non-hydrogen) atoms. The number of aromatic nitrogens is 1. The van der Waals surface area contributed by atoms with Gasteiger partial charge in [0.15, 0.2) is 0 Å². The summed E-state index contributed by atoms with van der Waals surface area (Å²) in [6.45, 7) is 3.42. The molecule has 1 aromatic heterocycles. The molecule has 0 amide bonds. The largest absolute Gasteiger partial charge is 0.354 e. The Morgan fingerprint density at radius 1 is 1.45 bits per heavy atom. The second-order valence-electron chi connectivity index (χ2n) is 5.46. The van der Waals surface area contributed by atoms with Gasteiger partial charge in [-0.15, -0.1) is 0 Å². The molecule has 1 aromatic carbocycles. The van der Waals surface area contributed by atoms with Crippen LogP contribution in [0.15, 0.2) is 28.9 Å². The van der Waals surface area contributed by atoms with E-state index in [0.717, 1.165) is 34.0 Å². The van der Waals surface area contributed by atoms with Crippen LogP contribution in [0.25, 0.3) is 10.8 Å². The summed E-state index contributed by atoms with van der Waals surface area (Å²) in [7, 11) is 0. The molecule has 5 heteroatoms. The summed E-state index contributed by atoms with van der Waals surface area (Å²) in [6.07, 6.45) is 2.52. The van der Waals surface area contributed by atoms with Gasteiger partial charge < -0.3 is 4.90 Å². The second kappa shape index (κ2) is 4.71. The molecule has 0 radical (unpaired) electrons. The maximum Gasteiger partial charge on any atom is 0.136 e. The third-order valence-electron chi connectivity index (χ3n) is 3.82. The van der Waals surface area contributed by atoms with Gasteiger partial charge in [0.25, 0.3) is 0 Å². The molecular weight excluding hydrogens is 321 g/mol. The number of nitriles is 1. The van der Waals surface area contributed by atoms with Crippen molar-refractivity contribution in [2.45, 2.75) is 13.3 Å². The van der Waals surface area contributed by atoms with Gasteiger partial charge in [-0.05, 0) is 47.5 Å². The van der Waals surface area contributed by atoms with Gasteiger partial charge >= 0.3 is 0 Å². The Balaban J connectivity index is 2.10. The van der Waals surface area contributed by atoms with Crippen molar-refractivity contribution >= 4 is 32.5 Å². The van der Waals surface area contributed by atoms with Crippen molar-refractivity contribution in [1.29, 1.82) is 5.26 Å². The molecular formula is C15H13BrFN3. The monoisotopic (exact) mass is 333 g/mol. The first-order chi connectivity index (χ1) is 9.52. The van der Waals surface area contributed by atoms with Crippen molar-refractivity contribution in [3.05, 3.63) is 34.7 Å². The van der Waals surface area contributed by atoms with Crippen LogP contribution in [0.4, 0.5) is 10.2 Å². The van der Waals surface area contributed by atoms with E-state index < -0.39 is 0 Å². The predicted molar refractivity (Wildman–Crippen MR) is 80.0 cm³/mol. The molecule has 0 bridgehead atoms. The van der Waals surface area contributed by atoms with Crippen molar-refractivity contribution < 1.29 is 4.39 Å². The third kappa shape index (κ3) is 2.14. The Morgan fingerprint density at radius 2 is 2.25 bits per heavy atom. The highest BCUT2D eigenvalue weighted by molar-refractivity contribution is 9.10. The molecule has 0 saturated carbocycles. The zero-order valence-corrected chi connectivity index (χ0v) is 12.6. The Hall–Kier alpha value is -1.67. The zero-order valence-electron chi connectivity index (χ0n) is 11.0. The van der Waals surface area contributed by atoms with E-state index in [4.69, 9.17) is 0 Å². The van der Waals surface area contributed by atoms with Crippen LogP contribution in [-0.2, 0) is 0 Å². The Kier molecular flexibility index (Phi) is 3.14. The Bertz CT molecular complexity index is 725. The average molecular weight is 334 g/mol. The first-order valence-electron chi connectivity index (χ1n) is 6.42. The average Bonchev–Trinajstić information content (AvgIpc) is 2.83. The van der Waals surface area contributed by atoms with Crippen LogP contribution in [0, 0.1) is 22.6 Å². The minimum absolute atomic E-state index is 0.265. The van der Waals surface area contributed by atoms with Crippen molar-refractivity contribution in [2.75, 3.05) is 18.0 Å². The molecule has 1 fully saturated rings. The smallest absolute Gasteiger partial charge is 0.136 e. The van der Waals surface area contributed by atoms with Gasteiger partial charge in [-0.1, -0.05) is 0 Å². The lowest BCUT2D eigenvalue weighted by atomic mass is 9.92. The number of rotatable bonds is 1. The summed E-state index contributed by atoms with van der Waals surface area (Å²) in [5.74, 6) is 0.556. The van der Waals surface area contributed by atoms with E-state index in [1.807, 2.05) is 6.92 Å². The summed E-state index contributed by atoms with van der Waals surface area (Å²) in [6, 6.07) is 7.07. The lowest BCUT2D eigenvalue weighted by molar-refractivity contribution is 0.502. The summed E-state index contributed by atoms with van der Waals surface area (Å²) in [5.41, 5.74) is -0.332. The highest BCUT2D eigenvalue weighted by Gasteiger charge is 2.35. The van der Waals surface area contributed by atoms with Crippen LogP contribution < -0.4 is 4.90 Å². The molecule has 0 N–H and O–H groups in total. The lowest BCUT2D eigenvalue weighted by Gasteiger charge is -2.21. The van der Waals surface area contributed by atoms with Crippen molar-refractivity contribution in [3.63, 3.8) is 0 Å². The number of pyridine rings is 1. The van der Waals surface area contributed by atoms with Crippen LogP contribution in [0.2, 0.25) is 0 Å². The van der Waals surface area contributed by atoms with Crippen LogP contribution in [0.1, 0.15) is 13.3 Å². The molecule has 3 rings (SSSR count). The van der Waals surface area contributed by atoms with Gasteiger partial charge in [-0.25, -0.2) is 9.37 Å². The number of nitrogens with zero attached hydrogens (tertiary/aromatic N) is 3. The number of halogens is 2. The van der Waals surface area contributed by atoms with Crippen LogP contribution in [0.3, 0.4) is 0 Å². The molecule has 1 aliphatic heterocycles. The second-order valence-corrected chi connectivity index (χ2v) is 6.32. The van der Waals surface area contributed by atoms with E-state index in [-0.39, 0.29) is 11.2 Å². The van der Waals surface area contributed by atoms with Gasteiger partial charge in [0.2, 0.25) is 0 Å². The number of fused-ring (bicyclic) bond motifs is 1. The molecule has 2 aromatic rings. The normalized spacial score (nSPS) is 22.2. The first kappa shape index (κ1) is 13.3. The predicted octanol–water partition coefficient (Wildman–Crippen LogP) is 3.88. The fourth-order valence-corrected chi connectivity index (χ4v) is 3.08. The maximum atomic E-state index is 13.4. The molecule has 0 spiro atoms. The summed E-state index contributed by atoms with van der Waals surface area (Å²) in [4.78, 5) is 6.57. The molecule has 1 aliphatic rings. The summed E-state index contributed by atoms with van der Waals surface area (Å²) in [5, 5.41) is 10.9. The molecule has 1 atom stereocenters. The standard InChI is InChI=1S/C15H13BrFN3/c1-15(8-18)4-5-20(9-15)14-11-3-2-10(17)6-12(11)13(16)7-19-14/h2-3,6-7H,4-5,9H2,1H3. The molecule has 3 nitrogen and oxygen atoms in total. The van der Waals surface area contributed by atoms with Crippen molar-refractivity contribution in [2.24, 2.45) is 5.41 Å². The number of hydrogen-bond acceptors (Lipinski definition) is 3. The van der Waals surface area contributed by atoms with E-state index in [0.29, 0.717) is 6.54 Å². The van der Waals surface area contributed by atoms with E-state index in [1.165, 1.54) is 12.1 Å². The first-order valence-corrected chi connectivity index (χ1v) is 7.22. The van der Waals surface area contributed by atoms with Crippen molar-refractivity contribution in [3.8, 4) is 6.07 Å². The van der Waals surface area contributed by atoms with E-state index in [1.54, 1.807) is 12.3 Å². The Morgan fingerprint density at radius 3 is 2.95 bits per heavy atom. The van der Waals surface area contributed by atoms with Crippen LogP contribution >= 0.6 is 15.9 Å². The molecule has 2 heterocycles. The van der Waals surface area contributed by atoms with E-state index in [2.05, 4.69) is 31.9 Å². The number of anilines is 1. The highest BCUT2D eigenvalue weighted by atomic mass is 79.9. The Labute approximate surface area is 125 Å². The zero-order chi connectivity index (χ0) is 14.3. The van der Waals surface area contributed by atoms with E-state index in [9.17, 15) is 9.65 Å². The fourth-order valence-electron chi connectivity index (χ4n) is 2.65. The lowest BCUT2D eigenvalue weighted by Crippen LogP contribution is -2.24. The van der Waals surface area contributed by atoms with Gasteiger partial charge in [0, 0.05) is 34.5 Å². The fraction of sp³-hybridized carbons (Fsp3) is 0.333. The minimum atomic E-state index is -0.332. The number of hydrogen-bond donors (Lipinski definition) is 0. The SMILES string of the molecule is CC1(C#N)CCN(c2ncc(Br)c3cc(F)ccc23)C1.